The summed E-state index contributed by atoms with van der Waals surface area (Å²) in [4.78, 5) is 26.4. The minimum atomic E-state index is -0.263. The molecule has 2 fully saturated rings. The summed E-state index contributed by atoms with van der Waals surface area (Å²) in [6.45, 7) is 5.07. The van der Waals surface area contributed by atoms with Crippen LogP contribution in [-0.2, 0) is 16.1 Å². The van der Waals surface area contributed by atoms with Crippen LogP contribution in [0.5, 0.6) is 0 Å². The lowest BCUT2D eigenvalue weighted by Crippen LogP contribution is -2.53. The van der Waals surface area contributed by atoms with Gasteiger partial charge in [-0.05, 0) is 38.9 Å². The van der Waals surface area contributed by atoms with Gasteiger partial charge in [0.1, 0.15) is 6.54 Å². The van der Waals surface area contributed by atoms with Crippen LogP contribution in [0.15, 0.2) is 16.9 Å². The van der Waals surface area contributed by atoms with Gasteiger partial charge in [-0.15, -0.1) is 0 Å². The number of piperidine rings is 1. The predicted molar refractivity (Wildman–Crippen MR) is 85.2 cm³/mol. The van der Waals surface area contributed by atoms with E-state index < -0.39 is 0 Å². The van der Waals surface area contributed by atoms with Crippen LogP contribution in [0.25, 0.3) is 0 Å². The molecule has 0 aromatic carbocycles. The van der Waals surface area contributed by atoms with E-state index in [4.69, 9.17) is 4.74 Å². The minimum absolute atomic E-state index is 0.0129. The second kappa shape index (κ2) is 7.23. The van der Waals surface area contributed by atoms with Crippen molar-refractivity contribution in [1.82, 2.24) is 20.0 Å². The van der Waals surface area contributed by atoms with Gasteiger partial charge < -0.3 is 10.1 Å². The number of amides is 1. The molecule has 0 radical (unpaired) electrons. The molecule has 1 amide bonds. The summed E-state index contributed by atoms with van der Waals surface area (Å²) in [5, 5.41) is 7.11. The summed E-state index contributed by atoms with van der Waals surface area (Å²) in [5.41, 5.74) is 0.453. The first-order chi connectivity index (χ1) is 11.1. The van der Waals surface area contributed by atoms with E-state index in [1.54, 1.807) is 13.0 Å². The molecule has 0 spiro atoms. The van der Waals surface area contributed by atoms with Crippen molar-refractivity contribution in [1.29, 1.82) is 0 Å². The molecule has 2 atom stereocenters. The maximum atomic E-state index is 12.3. The molecule has 3 rings (SSSR count). The fourth-order valence-corrected chi connectivity index (χ4v) is 3.34. The Morgan fingerprint density at radius 2 is 2.09 bits per heavy atom. The van der Waals surface area contributed by atoms with E-state index in [2.05, 4.69) is 15.3 Å². The number of aromatic nitrogens is 2. The Morgan fingerprint density at radius 3 is 2.87 bits per heavy atom. The number of carbonyl (C=O) groups excluding carboxylic acids is 1. The van der Waals surface area contributed by atoms with Crippen LogP contribution in [0.4, 0.5) is 0 Å². The van der Waals surface area contributed by atoms with Crippen molar-refractivity contribution in [3.63, 3.8) is 0 Å². The summed E-state index contributed by atoms with van der Waals surface area (Å²) in [6.07, 6.45) is 3.70. The van der Waals surface area contributed by atoms with Gasteiger partial charge in [0.15, 0.2) is 0 Å². The third-order valence-corrected chi connectivity index (χ3v) is 4.55. The van der Waals surface area contributed by atoms with Crippen molar-refractivity contribution in [2.75, 3.05) is 26.3 Å². The summed E-state index contributed by atoms with van der Waals surface area (Å²) in [7, 11) is 0. The van der Waals surface area contributed by atoms with E-state index in [1.165, 1.54) is 30.0 Å². The molecule has 1 aromatic heterocycles. The highest BCUT2D eigenvalue weighted by atomic mass is 16.5. The third-order valence-electron chi connectivity index (χ3n) is 4.55. The van der Waals surface area contributed by atoms with Crippen molar-refractivity contribution in [2.45, 2.75) is 44.8 Å². The molecule has 0 aliphatic carbocycles. The van der Waals surface area contributed by atoms with Crippen LogP contribution < -0.4 is 10.9 Å². The van der Waals surface area contributed by atoms with Crippen LogP contribution in [-0.4, -0.2) is 59.0 Å². The zero-order valence-corrected chi connectivity index (χ0v) is 13.5. The van der Waals surface area contributed by atoms with Gasteiger partial charge in [-0.25, -0.2) is 4.68 Å². The third kappa shape index (κ3) is 3.97. The van der Waals surface area contributed by atoms with Crippen LogP contribution >= 0.6 is 0 Å². The quantitative estimate of drug-likeness (QED) is 0.840. The van der Waals surface area contributed by atoms with Crippen molar-refractivity contribution in [3.8, 4) is 0 Å². The molecule has 2 saturated heterocycles. The van der Waals surface area contributed by atoms with E-state index in [9.17, 15) is 9.59 Å². The van der Waals surface area contributed by atoms with Gasteiger partial charge in [0, 0.05) is 6.07 Å². The van der Waals surface area contributed by atoms with Gasteiger partial charge in [0.25, 0.3) is 5.56 Å². The van der Waals surface area contributed by atoms with Gasteiger partial charge in [-0.2, -0.15) is 5.10 Å². The molecular formula is C16H24N4O3. The van der Waals surface area contributed by atoms with Gasteiger partial charge >= 0.3 is 0 Å². The normalized spacial score (nSPS) is 25.4. The summed E-state index contributed by atoms with van der Waals surface area (Å²) >= 11 is 0. The molecule has 2 aliphatic rings. The van der Waals surface area contributed by atoms with E-state index in [0.717, 1.165) is 13.1 Å². The smallest absolute Gasteiger partial charge is 0.267 e. The van der Waals surface area contributed by atoms with Crippen molar-refractivity contribution >= 4 is 5.91 Å². The first kappa shape index (κ1) is 16.1. The number of likely N-dealkylation sites (tertiary alicyclic amines) is 1. The lowest BCUT2D eigenvalue weighted by atomic mass is 10.0. The second-order valence-corrected chi connectivity index (χ2v) is 6.35. The molecule has 1 aromatic rings. The molecule has 0 unspecified atom stereocenters. The molecule has 7 nitrogen and oxygen atoms in total. The molecule has 0 saturated carbocycles. The fraction of sp³-hybridized carbons (Fsp3) is 0.688. The van der Waals surface area contributed by atoms with E-state index in [-0.39, 0.29) is 30.1 Å². The molecule has 1 N–H and O–H groups in total. The van der Waals surface area contributed by atoms with Gasteiger partial charge in [-0.1, -0.05) is 6.42 Å². The van der Waals surface area contributed by atoms with Crippen molar-refractivity contribution < 1.29 is 9.53 Å². The molecule has 0 bridgehead atoms. The predicted octanol–water partition coefficient (Wildman–Crippen LogP) is -0.0788. The van der Waals surface area contributed by atoms with Gasteiger partial charge in [0.2, 0.25) is 5.91 Å². The van der Waals surface area contributed by atoms with E-state index >= 15 is 0 Å². The molecule has 23 heavy (non-hydrogen) atoms. The largest absolute Gasteiger partial charge is 0.378 e. The highest BCUT2D eigenvalue weighted by Gasteiger charge is 2.34. The average Bonchev–Trinajstić information content (AvgIpc) is 3.00. The molecule has 3 heterocycles. The number of carbonyl (C=O) groups is 1. The Hall–Kier alpha value is -1.73. The summed E-state index contributed by atoms with van der Waals surface area (Å²) < 4.78 is 6.78. The second-order valence-electron chi connectivity index (χ2n) is 6.35. The van der Waals surface area contributed by atoms with Crippen LogP contribution in [0, 0.1) is 6.92 Å². The maximum absolute atomic E-state index is 12.3. The summed E-state index contributed by atoms with van der Waals surface area (Å²) in [6, 6.07) is 3.31. The number of aryl methyl sites for hydroxylation is 1. The Balaban J connectivity index is 1.60. The molecule has 126 valence electrons. The van der Waals surface area contributed by atoms with Crippen LogP contribution in [0.2, 0.25) is 0 Å². The van der Waals surface area contributed by atoms with Gasteiger partial charge in [-0.3, -0.25) is 14.5 Å². The number of hydrogen-bond acceptors (Lipinski definition) is 5. The highest BCUT2D eigenvalue weighted by molar-refractivity contribution is 5.76. The first-order valence-corrected chi connectivity index (χ1v) is 8.29. The molecule has 2 aliphatic heterocycles. The Labute approximate surface area is 135 Å². The van der Waals surface area contributed by atoms with E-state index in [0.29, 0.717) is 18.9 Å². The number of hydrogen-bond donors (Lipinski definition) is 1. The zero-order valence-electron chi connectivity index (χ0n) is 13.5. The van der Waals surface area contributed by atoms with Crippen molar-refractivity contribution in [3.05, 3.63) is 28.2 Å². The van der Waals surface area contributed by atoms with Crippen LogP contribution in [0.3, 0.4) is 0 Å². The first-order valence-electron chi connectivity index (χ1n) is 8.29. The maximum Gasteiger partial charge on any atom is 0.267 e. The van der Waals surface area contributed by atoms with E-state index in [1.807, 2.05) is 0 Å². The molecular weight excluding hydrogens is 296 g/mol. The minimum Gasteiger partial charge on any atom is -0.378 e. The topological polar surface area (TPSA) is 76.5 Å². The SMILES string of the molecule is Cc1ccc(=O)n(CC(=O)N[C@H]2COC[C@@H]2N2CCCCC2)n1. The Morgan fingerprint density at radius 1 is 1.30 bits per heavy atom. The highest BCUT2D eigenvalue weighted by Crippen LogP contribution is 2.18. The zero-order chi connectivity index (χ0) is 16.2. The monoisotopic (exact) mass is 320 g/mol. The number of rotatable bonds is 4. The average molecular weight is 320 g/mol. The Kier molecular flexibility index (Phi) is 5.07. The lowest BCUT2D eigenvalue weighted by molar-refractivity contribution is -0.123. The van der Waals surface area contributed by atoms with Gasteiger partial charge in [0.05, 0.1) is 31.0 Å². The summed E-state index contributed by atoms with van der Waals surface area (Å²) in [5.74, 6) is -0.192. The lowest BCUT2D eigenvalue weighted by Gasteiger charge is -2.34. The fourth-order valence-electron chi connectivity index (χ4n) is 3.34. The van der Waals surface area contributed by atoms with Crippen molar-refractivity contribution in [2.24, 2.45) is 0 Å². The number of nitrogens with one attached hydrogen (secondary N) is 1. The number of ether oxygens (including phenoxy) is 1. The Bertz CT molecular complexity index is 610. The molecule has 7 heteroatoms. The number of nitrogens with zero attached hydrogens (tertiary/aromatic N) is 3. The standard InChI is InChI=1S/C16H24N4O3/c1-12-5-6-16(22)20(18-12)9-15(21)17-13-10-23-11-14(13)19-7-3-2-4-8-19/h5-6,13-14H,2-4,7-11H2,1H3,(H,17,21)/t13-,14-/m0/s1. The van der Waals surface area contributed by atoms with Crippen LogP contribution in [0.1, 0.15) is 25.0 Å².